The van der Waals surface area contributed by atoms with E-state index in [9.17, 15) is 19.2 Å². The molecule has 1 saturated heterocycles. The summed E-state index contributed by atoms with van der Waals surface area (Å²) >= 11 is 0. The Balaban J connectivity index is 2.69. The summed E-state index contributed by atoms with van der Waals surface area (Å²) in [5.41, 5.74) is -1.32. The summed E-state index contributed by atoms with van der Waals surface area (Å²) in [6.07, 6.45) is -0.213. The molecule has 1 heterocycles. The smallest absolute Gasteiger partial charge is 0.338 e. The fourth-order valence-electron chi connectivity index (χ4n) is 1.98. The van der Waals surface area contributed by atoms with Crippen molar-refractivity contribution in [1.29, 1.82) is 0 Å². The second-order valence-electron chi connectivity index (χ2n) is 4.12. The van der Waals surface area contributed by atoms with Gasteiger partial charge in [-0.05, 0) is 12.1 Å². The zero-order chi connectivity index (χ0) is 15.0. The summed E-state index contributed by atoms with van der Waals surface area (Å²) in [6, 6.07) is 3.58. The van der Waals surface area contributed by atoms with Crippen molar-refractivity contribution in [3.8, 4) is 0 Å². The van der Waals surface area contributed by atoms with Crippen molar-refractivity contribution in [2.45, 2.75) is 6.42 Å². The number of carboxylic acid groups (broad SMARTS) is 2. The first-order valence-corrected chi connectivity index (χ1v) is 5.49. The van der Waals surface area contributed by atoms with Gasteiger partial charge in [-0.15, -0.1) is 0 Å². The quantitative estimate of drug-likeness (QED) is 0.626. The summed E-state index contributed by atoms with van der Waals surface area (Å²) in [5.74, 6) is -4.34. The van der Waals surface area contributed by atoms with Crippen LogP contribution in [-0.4, -0.2) is 34.0 Å². The molecule has 0 spiro atoms. The van der Waals surface area contributed by atoms with Gasteiger partial charge in [0.05, 0.1) is 23.2 Å². The van der Waals surface area contributed by atoms with Crippen LogP contribution in [0.5, 0.6) is 0 Å². The van der Waals surface area contributed by atoms with Crippen LogP contribution in [0, 0.1) is 0 Å². The molecule has 2 N–H and O–H groups in total. The lowest BCUT2D eigenvalue weighted by Crippen LogP contribution is -2.31. The normalized spacial score (nSPS) is 14.8. The highest BCUT2D eigenvalue weighted by molar-refractivity contribution is 6.29. The predicted octanol–water partition coefficient (Wildman–Crippen LogP) is 0.903. The molecule has 0 unspecified atom stereocenters. The van der Waals surface area contributed by atoms with E-state index in [0.717, 1.165) is 6.07 Å². The van der Waals surface area contributed by atoms with Crippen LogP contribution in [0.3, 0.4) is 0 Å². The van der Waals surface area contributed by atoms with E-state index in [1.165, 1.54) is 12.1 Å². The van der Waals surface area contributed by atoms with Gasteiger partial charge in [0, 0.05) is 5.57 Å². The van der Waals surface area contributed by atoms with E-state index in [1.54, 1.807) is 0 Å². The number of amides is 2. The molecule has 7 heteroatoms. The molecule has 0 atom stereocenters. The highest BCUT2D eigenvalue weighted by atomic mass is 16.4. The van der Waals surface area contributed by atoms with Crippen LogP contribution in [0.4, 0.5) is 5.69 Å². The summed E-state index contributed by atoms with van der Waals surface area (Å²) in [4.78, 5) is 46.6. The topological polar surface area (TPSA) is 112 Å². The Morgan fingerprint density at radius 1 is 1.15 bits per heavy atom. The van der Waals surface area contributed by atoms with Crippen molar-refractivity contribution < 1.29 is 29.4 Å². The number of anilines is 1. The van der Waals surface area contributed by atoms with Crippen LogP contribution in [0.1, 0.15) is 27.1 Å². The molecule has 0 bridgehead atoms. The van der Waals surface area contributed by atoms with Gasteiger partial charge in [0.2, 0.25) is 5.91 Å². The molecule has 1 aromatic rings. The van der Waals surface area contributed by atoms with Crippen molar-refractivity contribution >= 4 is 29.4 Å². The number of carbonyl (C=O) groups excluding carboxylic acids is 2. The third-order valence-electron chi connectivity index (χ3n) is 2.85. The Bertz CT molecular complexity index is 675. The van der Waals surface area contributed by atoms with Crippen molar-refractivity contribution in [3.63, 3.8) is 0 Å². The number of benzene rings is 1. The summed E-state index contributed by atoms with van der Waals surface area (Å²) in [7, 11) is 0. The van der Waals surface area contributed by atoms with Gasteiger partial charge in [0.1, 0.15) is 0 Å². The fraction of sp³-hybridized carbons (Fsp3) is 0.0769. The Kier molecular flexibility index (Phi) is 3.11. The van der Waals surface area contributed by atoms with E-state index >= 15 is 0 Å². The monoisotopic (exact) mass is 275 g/mol. The number of aromatic carboxylic acids is 2. The van der Waals surface area contributed by atoms with Crippen LogP contribution in [0.25, 0.3) is 0 Å². The molecule has 0 aromatic heterocycles. The lowest BCUT2D eigenvalue weighted by molar-refractivity contribution is -0.120. The van der Waals surface area contributed by atoms with Crippen molar-refractivity contribution in [1.82, 2.24) is 0 Å². The van der Waals surface area contributed by atoms with Gasteiger partial charge in [0.25, 0.3) is 5.91 Å². The van der Waals surface area contributed by atoms with Gasteiger partial charge in [-0.3, -0.25) is 9.59 Å². The fourth-order valence-corrected chi connectivity index (χ4v) is 1.98. The van der Waals surface area contributed by atoms with E-state index in [-0.39, 0.29) is 17.7 Å². The van der Waals surface area contributed by atoms with Gasteiger partial charge < -0.3 is 10.2 Å². The zero-order valence-corrected chi connectivity index (χ0v) is 10.1. The minimum absolute atomic E-state index is 0.0343. The molecular formula is C13H9NO6. The second kappa shape index (κ2) is 4.61. The van der Waals surface area contributed by atoms with Gasteiger partial charge in [-0.1, -0.05) is 12.6 Å². The maximum atomic E-state index is 11.8. The van der Waals surface area contributed by atoms with Crippen LogP contribution >= 0.6 is 0 Å². The van der Waals surface area contributed by atoms with E-state index < -0.39 is 34.9 Å². The number of rotatable bonds is 3. The first-order valence-electron chi connectivity index (χ1n) is 5.49. The summed E-state index contributed by atoms with van der Waals surface area (Å²) in [6.45, 7) is 3.42. The Labute approximate surface area is 112 Å². The summed E-state index contributed by atoms with van der Waals surface area (Å²) in [5, 5.41) is 18.2. The molecule has 2 amide bonds. The minimum Gasteiger partial charge on any atom is -0.478 e. The number of carboxylic acids is 2. The van der Waals surface area contributed by atoms with Crippen molar-refractivity contribution in [2.75, 3.05) is 4.90 Å². The van der Waals surface area contributed by atoms with E-state index in [2.05, 4.69) is 6.58 Å². The average molecular weight is 275 g/mol. The Morgan fingerprint density at radius 2 is 1.80 bits per heavy atom. The molecule has 0 radical (unpaired) electrons. The lowest BCUT2D eigenvalue weighted by Gasteiger charge is -2.17. The van der Waals surface area contributed by atoms with Crippen LogP contribution in [0.2, 0.25) is 0 Å². The predicted molar refractivity (Wildman–Crippen MR) is 66.6 cm³/mol. The average Bonchev–Trinajstić information content (AvgIpc) is 2.62. The van der Waals surface area contributed by atoms with Crippen LogP contribution in [0.15, 0.2) is 30.4 Å². The molecule has 1 aliphatic heterocycles. The number of imide groups is 1. The lowest BCUT2D eigenvalue weighted by atomic mass is 10.0. The van der Waals surface area contributed by atoms with Gasteiger partial charge in [-0.25, -0.2) is 14.5 Å². The maximum Gasteiger partial charge on any atom is 0.338 e. The third kappa shape index (κ3) is 1.95. The first kappa shape index (κ1) is 13.5. The minimum atomic E-state index is -1.53. The van der Waals surface area contributed by atoms with Crippen molar-refractivity contribution in [2.24, 2.45) is 0 Å². The van der Waals surface area contributed by atoms with Gasteiger partial charge in [0.15, 0.2) is 0 Å². The Morgan fingerprint density at radius 3 is 2.25 bits per heavy atom. The molecule has 0 aliphatic carbocycles. The van der Waals surface area contributed by atoms with Crippen LogP contribution < -0.4 is 4.90 Å². The second-order valence-corrected chi connectivity index (χ2v) is 4.12. The zero-order valence-electron chi connectivity index (χ0n) is 10.1. The van der Waals surface area contributed by atoms with E-state index in [1.807, 2.05) is 0 Å². The molecule has 1 aromatic carbocycles. The number of hydrogen-bond acceptors (Lipinski definition) is 4. The van der Waals surface area contributed by atoms with E-state index in [4.69, 9.17) is 10.2 Å². The molecule has 1 fully saturated rings. The van der Waals surface area contributed by atoms with Gasteiger partial charge >= 0.3 is 11.9 Å². The highest BCUT2D eigenvalue weighted by Gasteiger charge is 2.37. The SMILES string of the molecule is C=C1CC(=O)N(c2cccc(C(=O)O)c2C(=O)O)C1=O. The van der Waals surface area contributed by atoms with E-state index in [0.29, 0.717) is 4.90 Å². The molecule has 0 saturated carbocycles. The summed E-state index contributed by atoms with van der Waals surface area (Å²) < 4.78 is 0. The number of carbonyl (C=O) groups is 4. The molecule has 20 heavy (non-hydrogen) atoms. The maximum absolute atomic E-state index is 11.8. The standard InChI is InChI=1S/C13H9NO6/c1-6-5-9(15)14(11(6)16)8-4-2-3-7(12(17)18)10(8)13(19)20/h2-4H,1,5H2,(H,17,18)(H,19,20). The number of hydrogen-bond donors (Lipinski definition) is 2. The molecular weight excluding hydrogens is 266 g/mol. The molecule has 2 rings (SSSR count). The molecule has 1 aliphatic rings. The van der Waals surface area contributed by atoms with Crippen LogP contribution in [-0.2, 0) is 9.59 Å². The number of nitrogens with zero attached hydrogens (tertiary/aromatic N) is 1. The highest BCUT2D eigenvalue weighted by Crippen LogP contribution is 2.30. The Hall–Kier alpha value is -2.96. The van der Waals surface area contributed by atoms with Gasteiger partial charge in [-0.2, -0.15) is 0 Å². The molecule has 7 nitrogen and oxygen atoms in total. The first-order chi connectivity index (χ1) is 9.34. The largest absolute Gasteiger partial charge is 0.478 e. The third-order valence-corrected chi connectivity index (χ3v) is 2.85. The van der Waals surface area contributed by atoms with Crippen molar-refractivity contribution in [3.05, 3.63) is 41.5 Å². The molecule has 102 valence electrons.